The van der Waals surface area contributed by atoms with Crippen LogP contribution in [0.5, 0.6) is 5.75 Å². The first-order valence-corrected chi connectivity index (χ1v) is 12.1. The average molecular weight is 540 g/mol. The van der Waals surface area contributed by atoms with Gasteiger partial charge in [0.2, 0.25) is 0 Å². The van der Waals surface area contributed by atoms with Crippen molar-refractivity contribution >= 4 is 50.5 Å². The van der Waals surface area contributed by atoms with Crippen molar-refractivity contribution in [1.82, 2.24) is 0 Å². The van der Waals surface area contributed by atoms with Crippen molar-refractivity contribution in [3.8, 4) is 17.1 Å². The molecule has 0 aliphatic carbocycles. The van der Waals surface area contributed by atoms with Crippen LogP contribution in [-0.4, -0.2) is 29.8 Å². The van der Waals surface area contributed by atoms with Crippen LogP contribution in [0.15, 0.2) is 84.7 Å². The molecular weight excluding hydrogens is 518 g/mol. The second kappa shape index (κ2) is 10.4. The van der Waals surface area contributed by atoms with Crippen LogP contribution in [0, 0.1) is 6.92 Å². The summed E-state index contributed by atoms with van der Waals surface area (Å²) >= 11 is 4.68. The van der Waals surface area contributed by atoms with Gasteiger partial charge in [0.15, 0.2) is 0 Å². The number of methoxy groups -OCH3 is 1. The van der Waals surface area contributed by atoms with E-state index in [-0.39, 0.29) is 17.9 Å². The molecule has 0 spiro atoms. The molecular formula is C26H22BrNO5S. The highest BCUT2D eigenvalue weighted by atomic mass is 79.9. The molecule has 0 saturated carbocycles. The second-order valence-electron chi connectivity index (χ2n) is 7.34. The number of aliphatic imine (C=N–C) groups is 1. The highest BCUT2D eigenvalue weighted by Crippen LogP contribution is 2.41. The lowest BCUT2D eigenvalue weighted by Gasteiger charge is -2.04. The molecule has 0 saturated heterocycles. The van der Waals surface area contributed by atoms with Crippen LogP contribution < -0.4 is 4.74 Å². The van der Waals surface area contributed by atoms with Crippen molar-refractivity contribution in [2.45, 2.75) is 13.8 Å². The van der Waals surface area contributed by atoms with Crippen LogP contribution >= 0.6 is 27.7 Å². The Kier molecular flexibility index (Phi) is 7.29. The van der Waals surface area contributed by atoms with Gasteiger partial charge in [-0.15, -0.1) is 0 Å². The van der Waals surface area contributed by atoms with Crippen LogP contribution in [0.1, 0.15) is 18.2 Å². The topological polar surface area (TPSA) is 81.3 Å². The number of carbonyl (C=O) groups excluding carboxylic acids is 1. The van der Waals surface area contributed by atoms with Gasteiger partial charge in [-0.3, -0.25) is 0 Å². The number of aryl methyl sites for hydroxylation is 1. The molecule has 34 heavy (non-hydrogen) atoms. The van der Waals surface area contributed by atoms with E-state index >= 15 is 0 Å². The molecule has 2 aromatic carbocycles. The summed E-state index contributed by atoms with van der Waals surface area (Å²) in [6.07, 6.45) is 1.69. The zero-order chi connectivity index (χ0) is 24.2. The molecule has 3 aromatic rings. The van der Waals surface area contributed by atoms with Crippen LogP contribution in [0.25, 0.3) is 17.4 Å². The van der Waals surface area contributed by atoms with Crippen molar-refractivity contribution < 1.29 is 23.8 Å². The Bertz CT molecular complexity index is 1320. The van der Waals surface area contributed by atoms with Gasteiger partial charge in [0.25, 0.3) is 0 Å². The lowest BCUT2D eigenvalue weighted by atomic mass is 10.1. The summed E-state index contributed by atoms with van der Waals surface area (Å²) in [4.78, 5) is 17.6. The van der Waals surface area contributed by atoms with Gasteiger partial charge in [0.05, 0.1) is 24.3 Å². The molecule has 174 valence electrons. The number of rotatable bonds is 6. The number of halogens is 1. The minimum atomic E-state index is -0.631. The summed E-state index contributed by atoms with van der Waals surface area (Å²) in [6.45, 7) is 3.91. The van der Waals surface area contributed by atoms with E-state index in [1.807, 2.05) is 37.3 Å². The molecule has 2 heterocycles. The molecule has 0 bridgehead atoms. The number of hydrogen-bond donors (Lipinski definition) is 1. The van der Waals surface area contributed by atoms with E-state index < -0.39 is 5.97 Å². The van der Waals surface area contributed by atoms with Gasteiger partial charge in [-0.25, -0.2) is 9.79 Å². The van der Waals surface area contributed by atoms with Gasteiger partial charge < -0.3 is 19.0 Å². The van der Waals surface area contributed by atoms with Crippen molar-refractivity contribution in [1.29, 1.82) is 0 Å². The number of hydrogen-bond acceptors (Lipinski definition) is 7. The maximum absolute atomic E-state index is 12.6. The molecule has 0 amide bonds. The summed E-state index contributed by atoms with van der Waals surface area (Å²) < 4.78 is 17.3. The van der Waals surface area contributed by atoms with Crippen molar-refractivity contribution in [2.75, 3.05) is 13.7 Å². The number of aliphatic hydroxyl groups is 1. The standard InChI is InChI=1S/C26H22BrNO5S/c1-4-32-26(30)23-24(29)22(34-25(23)28-17-6-8-18(31-3)9-7-17)14-19-10-12-21(33-19)16-5-11-20(27)15(2)13-16/h5-14,29H,4H2,1-3H3/b22-14-,28-25?. The molecule has 1 aliphatic heterocycles. The zero-order valence-corrected chi connectivity index (χ0v) is 21.2. The zero-order valence-electron chi connectivity index (χ0n) is 18.8. The first-order chi connectivity index (χ1) is 16.4. The third-order valence-electron chi connectivity index (χ3n) is 5.02. The Morgan fingerprint density at radius 3 is 2.62 bits per heavy atom. The lowest BCUT2D eigenvalue weighted by molar-refractivity contribution is -0.138. The third-order valence-corrected chi connectivity index (χ3v) is 6.93. The molecule has 4 rings (SSSR count). The number of furan rings is 1. The largest absolute Gasteiger partial charge is 0.506 e. The van der Waals surface area contributed by atoms with E-state index in [4.69, 9.17) is 13.9 Å². The average Bonchev–Trinajstić information content (AvgIpc) is 3.41. The SMILES string of the molecule is CCOC(=O)C1=C(O)/C(=C/c2ccc(-c3ccc(Br)c(C)c3)o2)SC1=Nc1ccc(OC)cc1. The van der Waals surface area contributed by atoms with E-state index in [1.54, 1.807) is 44.4 Å². The van der Waals surface area contributed by atoms with Gasteiger partial charge in [-0.2, -0.15) is 0 Å². The Labute approximate surface area is 210 Å². The van der Waals surface area contributed by atoms with Crippen LogP contribution in [0.2, 0.25) is 0 Å². The molecule has 6 nitrogen and oxygen atoms in total. The summed E-state index contributed by atoms with van der Waals surface area (Å²) in [7, 11) is 1.59. The minimum absolute atomic E-state index is 0.0317. The van der Waals surface area contributed by atoms with E-state index in [0.717, 1.165) is 15.6 Å². The second-order valence-corrected chi connectivity index (χ2v) is 9.22. The molecule has 1 N–H and O–H groups in total. The maximum Gasteiger partial charge on any atom is 0.344 e. The Morgan fingerprint density at radius 1 is 1.18 bits per heavy atom. The number of ether oxygens (including phenoxy) is 2. The van der Waals surface area contributed by atoms with Crippen LogP contribution in [-0.2, 0) is 9.53 Å². The molecule has 8 heteroatoms. The number of carbonyl (C=O) groups is 1. The predicted molar refractivity (Wildman–Crippen MR) is 139 cm³/mol. The number of nitrogens with zero attached hydrogens (tertiary/aromatic N) is 1. The molecule has 0 fully saturated rings. The van der Waals surface area contributed by atoms with E-state index in [9.17, 15) is 9.90 Å². The summed E-state index contributed by atoms with van der Waals surface area (Å²) in [5.41, 5.74) is 2.69. The van der Waals surface area contributed by atoms with Crippen molar-refractivity contribution in [2.24, 2.45) is 4.99 Å². The first-order valence-electron chi connectivity index (χ1n) is 10.5. The van der Waals surface area contributed by atoms with E-state index in [1.165, 1.54) is 11.8 Å². The summed E-state index contributed by atoms with van der Waals surface area (Å²) in [5.74, 6) is 1.12. The number of aliphatic hydroxyl groups excluding tert-OH is 1. The Balaban J connectivity index is 1.68. The molecule has 0 atom stereocenters. The van der Waals surface area contributed by atoms with Crippen molar-refractivity contribution in [3.05, 3.63) is 86.6 Å². The van der Waals surface area contributed by atoms with Crippen molar-refractivity contribution in [3.63, 3.8) is 0 Å². The number of esters is 1. The third kappa shape index (κ3) is 5.13. The Hall–Kier alpha value is -3.23. The maximum atomic E-state index is 12.6. The monoisotopic (exact) mass is 539 g/mol. The fraction of sp³-hybridized carbons (Fsp3) is 0.154. The van der Waals surface area contributed by atoms with Crippen LogP contribution in [0.4, 0.5) is 5.69 Å². The lowest BCUT2D eigenvalue weighted by Crippen LogP contribution is -2.12. The molecule has 0 radical (unpaired) electrons. The van der Waals surface area contributed by atoms with Gasteiger partial charge in [-0.05, 0) is 74.0 Å². The quantitative estimate of drug-likeness (QED) is 0.333. The normalized spacial score (nSPS) is 15.9. The predicted octanol–water partition coefficient (Wildman–Crippen LogP) is 7.22. The van der Waals surface area contributed by atoms with E-state index in [2.05, 4.69) is 20.9 Å². The van der Waals surface area contributed by atoms with Gasteiger partial charge >= 0.3 is 5.97 Å². The number of benzene rings is 2. The van der Waals surface area contributed by atoms with E-state index in [0.29, 0.717) is 32.9 Å². The van der Waals surface area contributed by atoms with Gasteiger partial charge in [-0.1, -0.05) is 33.8 Å². The highest BCUT2D eigenvalue weighted by Gasteiger charge is 2.33. The number of thioether (sulfide) groups is 1. The van der Waals surface area contributed by atoms with Gasteiger partial charge in [0, 0.05) is 10.0 Å². The fourth-order valence-electron chi connectivity index (χ4n) is 3.28. The van der Waals surface area contributed by atoms with Gasteiger partial charge in [0.1, 0.15) is 33.6 Å². The molecule has 1 aliphatic rings. The fourth-order valence-corrected chi connectivity index (χ4v) is 4.54. The Morgan fingerprint density at radius 2 is 1.94 bits per heavy atom. The minimum Gasteiger partial charge on any atom is -0.506 e. The first kappa shape index (κ1) is 23.9. The van der Waals surface area contributed by atoms with Crippen LogP contribution in [0.3, 0.4) is 0 Å². The molecule has 1 aromatic heterocycles. The molecule has 0 unspecified atom stereocenters. The highest BCUT2D eigenvalue weighted by molar-refractivity contribution is 9.10. The summed E-state index contributed by atoms with van der Waals surface area (Å²) in [5, 5.41) is 11.2. The summed E-state index contributed by atoms with van der Waals surface area (Å²) in [6, 6.07) is 16.7. The smallest absolute Gasteiger partial charge is 0.344 e.